The van der Waals surface area contributed by atoms with E-state index in [4.69, 9.17) is 9.72 Å². The molecular weight excluding hydrogens is 320 g/mol. The molecule has 1 aliphatic heterocycles. The van der Waals surface area contributed by atoms with Crippen LogP contribution < -0.4 is 4.90 Å². The van der Waals surface area contributed by atoms with E-state index in [0.29, 0.717) is 0 Å². The Hall–Kier alpha value is -1.17. The Morgan fingerprint density at radius 3 is 3.00 bits per heavy atom. The number of pyridine rings is 1. The van der Waals surface area contributed by atoms with Gasteiger partial charge in [-0.05, 0) is 40.5 Å². The first-order chi connectivity index (χ1) is 9.72. The summed E-state index contributed by atoms with van der Waals surface area (Å²) in [5.74, 6) is 0.892. The van der Waals surface area contributed by atoms with E-state index in [1.807, 2.05) is 24.3 Å². The molecule has 0 bridgehead atoms. The fourth-order valence-corrected chi connectivity index (χ4v) is 3.23. The van der Waals surface area contributed by atoms with Gasteiger partial charge in [0, 0.05) is 23.5 Å². The van der Waals surface area contributed by atoms with Gasteiger partial charge in [-0.1, -0.05) is 12.1 Å². The second-order valence-electron chi connectivity index (χ2n) is 5.06. The number of ether oxygens (including phenoxy) is 1. The SMILES string of the molecule is CO[C@H]1C[C@@H](CO)N(c2ccc3cccc(Br)c3n2)C1. The summed E-state index contributed by atoms with van der Waals surface area (Å²) < 4.78 is 6.40. The summed E-state index contributed by atoms with van der Waals surface area (Å²) in [7, 11) is 1.72. The summed E-state index contributed by atoms with van der Waals surface area (Å²) in [6, 6.07) is 10.2. The summed E-state index contributed by atoms with van der Waals surface area (Å²) in [5, 5.41) is 10.6. The van der Waals surface area contributed by atoms with Crippen LogP contribution in [-0.2, 0) is 4.74 Å². The number of hydrogen-bond donors (Lipinski definition) is 1. The monoisotopic (exact) mass is 336 g/mol. The van der Waals surface area contributed by atoms with Crippen LogP contribution in [0.4, 0.5) is 5.82 Å². The number of halogens is 1. The van der Waals surface area contributed by atoms with Crippen molar-refractivity contribution in [1.29, 1.82) is 0 Å². The molecule has 2 heterocycles. The van der Waals surface area contributed by atoms with Gasteiger partial charge in [-0.15, -0.1) is 0 Å². The summed E-state index contributed by atoms with van der Waals surface area (Å²) in [5.41, 5.74) is 0.947. The minimum Gasteiger partial charge on any atom is -0.394 e. The molecule has 0 spiro atoms. The molecule has 0 radical (unpaired) electrons. The summed E-state index contributed by atoms with van der Waals surface area (Å²) >= 11 is 3.54. The predicted molar refractivity (Wildman–Crippen MR) is 83.1 cm³/mol. The van der Waals surface area contributed by atoms with Crippen LogP contribution in [0.15, 0.2) is 34.8 Å². The lowest BCUT2D eigenvalue weighted by Gasteiger charge is -2.24. The Balaban J connectivity index is 1.99. The number of methoxy groups -OCH3 is 1. The highest BCUT2D eigenvalue weighted by Crippen LogP contribution is 2.29. The van der Waals surface area contributed by atoms with Gasteiger partial charge in [0.1, 0.15) is 5.82 Å². The zero-order chi connectivity index (χ0) is 14.1. The zero-order valence-corrected chi connectivity index (χ0v) is 12.9. The van der Waals surface area contributed by atoms with Gasteiger partial charge in [-0.25, -0.2) is 4.98 Å². The number of anilines is 1. The minimum atomic E-state index is 0.0763. The summed E-state index contributed by atoms with van der Waals surface area (Å²) in [6.07, 6.45) is 0.992. The lowest BCUT2D eigenvalue weighted by Crippen LogP contribution is -2.33. The van der Waals surface area contributed by atoms with Gasteiger partial charge >= 0.3 is 0 Å². The largest absolute Gasteiger partial charge is 0.394 e. The molecule has 2 atom stereocenters. The quantitative estimate of drug-likeness (QED) is 0.935. The van der Waals surface area contributed by atoms with Gasteiger partial charge in [0.25, 0.3) is 0 Å². The Morgan fingerprint density at radius 1 is 1.40 bits per heavy atom. The molecule has 0 amide bonds. The van der Waals surface area contributed by atoms with E-state index in [2.05, 4.69) is 26.9 Å². The average Bonchev–Trinajstić information content (AvgIpc) is 2.91. The van der Waals surface area contributed by atoms with Gasteiger partial charge in [0.2, 0.25) is 0 Å². The van der Waals surface area contributed by atoms with E-state index in [1.54, 1.807) is 7.11 Å². The van der Waals surface area contributed by atoms with Crippen LogP contribution in [0.25, 0.3) is 10.9 Å². The molecule has 4 nitrogen and oxygen atoms in total. The first-order valence-corrected chi connectivity index (χ1v) is 7.48. The number of aliphatic hydroxyl groups excluding tert-OH is 1. The molecule has 1 fully saturated rings. The van der Waals surface area contributed by atoms with Crippen molar-refractivity contribution in [3.8, 4) is 0 Å². The van der Waals surface area contributed by atoms with E-state index < -0.39 is 0 Å². The zero-order valence-electron chi connectivity index (χ0n) is 11.3. The molecule has 3 rings (SSSR count). The van der Waals surface area contributed by atoms with Crippen LogP contribution in [0.1, 0.15) is 6.42 Å². The lowest BCUT2D eigenvalue weighted by atomic mass is 10.2. The molecule has 5 heteroatoms. The summed E-state index contributed by atoms with van der Waals surface area (Å²) in [6.45, 7) is 0.889. The van der Waals surface area contributed by atoms with Crippen molar-refractivity contribution in [1.82, 2.24) is 4.98 Å². The third-order valence-electron chi connectivity index (χ3n) is 3.87. The van der Waals surface area contributed by atoms with Gasteiger partial charge < -0.3 is 14.7 Å². The topological polar surface area (TPSA) is 45.6 Å². The van der Waals surface area contributed by atoms with Crippen molar-refractivity contribution in [3.63, 3.8) is 0 Å². The molecule has 1 saturated heterocycles. The Labute approximate surface area is 126 Å². The first kappa shape index (κ1) is 13.8. The molecule has 0 aliphatic carbocycles. The van der Waals surface area contributed by atoms with Crippen LogP contribution >= 0.6 is 15.9 Å². The van der Waals surface area contributed by atoms with Crippen LogP contribution in [0.2, 0.25) is 0 Å². The van der Waals surface area contributed by atoms with E-state index >= 15 is 0 Å². The normalized spacial score (nSPS) is 22.6. The van der Waals surface area contributed by atoms with Crippen molar-refractivity contribution in [3.05, 3.63) is 34.8 Å². The number of rotatable bonds is 3. The molecular formula is C15H17BrN2O2. The van der Waals surface area contributed by atoms with E-state index in [-0.39, 0.29) is 18.8 Å². The highest BCUT2D eigenvalue weighted by molar-refractivity contribution is 9.10. The molecule has 1 aromatic heterocycles. The van der Waals surface area contributed by atoms with Crippen LogP contribution in [-0.4, -0.2) is 42.5 Å². The highest BCUT2D eigenvalue weighted by atomic mass is 79.9. The molecule has 106 valence electrons. The van der Waals surface area contributed by atoms with Gasteiger partial charge in [-0.2, -0.15) is 0 Å². The van der Waals surface area contributed by atoms with Gasteiger partial charge in [0.15, 0.2) is 0 Å². The molecule has 20 heavy (non-hydrogen) atoms. The van der Waals surface area contributed by atoms with Crippen molar-refractivity contribution < 1.29 is 9.84 Å². The fraction of sp³-hybridized carbons (Fsp3) is 0.400. The highest BCUT2D eigenvalue weighted by Gasteiger charge is 2.32. The molecule has 0 unspecified atom stereocenters. The number of aliphatic hydroxyl groups is 1. The maximum absolute atomic E-state index is 9.54. The molecule has 2 aromatic rings. The second-order valence-corrected chi connectivity index (χ2v) is 5.92. The molecule has 0 saturated carbocycles. The van der Waals surface area contributed by atoms with Gasteiger partial charge in [0.05, 0.1) is 24.3 Å². The summed E-state index contributed by atoms with van der Waals surface area (Å²) in [4.78, 5) is 6.87. The lowest BCUT2D eigenvalue weighted by molar-refractivity contribution is 0.115. The maximum atomic E-state index is 9.54. The van der Waals surface area contributed by atoms with Crippen molar-refractivity contribution in [2.75, 3.05) is 25.2 Å². The van der Waals surface area contributed by atoms with Crippen molar-refractivity contribution >= 4 is 32.7 Å². The predicted octanol–water partition coefficient (Wildman–Crippen LogP) is 2.58. The third-order valence-corrected chi connectivity index (χ3v) is 4.51. The van der Waals surface area contributed by atoms with Gasteiger partial charge in [-0.3, -0.25) is 0 Å². The Morgan fingerprint density at radius 2 is 2.25 bits per heavy atom. The maximum Gasteiger partial charge on any atom is 0.129 e. The fourth-order valence-electron chi connectivity index (χ4n) is 2.76. The number of nitrogens with zero attached hydrogens (tertiary/aromatic N) is 2. The molecule has 1 aromatic carbocycles. The van der Waals surface area contributed by atoms with E-state index in [9.17, 15) is 5.11 Å². The third kappa shape index (κ3) is 2.41. The van der Waals surface area contributed by atoms with Crippen LogP contribution in [0.3, 0.4) is 0 Å². The van der Waals surface area contributed by atoms with Crippen molar-refractivity contribution in [2.45, 2.75) is 18.6 Å². The van der Waals surface area contributed by atoms with E-state index in [0.717, 1.165) is 34.2 Å². The number of aromatic nitrogens is 1. The smallest absolute Gasteiger partial charge is 0.129 e. The standard InChI is InChI=1S/C15H17BrN2O2/c1-20-12-7-11(9-19)18(8-12)14-6-5-10-3-2-4-13(16)15(10)17-14/h2-6,11-12,19H,7-9H2,1H3/t11-,12-/m0/s1. The first-order valence-electron chi connectivity index (χ1n) is 6.68. The Bertz CT molecular complexity index is 620. The van der Waals surface area contributed by atoms with Crippen LogP contribution in [0, 0.1) is 0 Å². The number of hydrogen-bond acceptors (Lipinski definition) is 4. The molecule has 1 N–H and O–H groups in total. The molecule has 1 aliphatic rings. The second kappa shape index (κ2) is 5.68. The van der Waals surface area contributed by atoms with Crippen LogP contribution in [0.5, 0.6) is 0 Å². The minimum absolute atomic E-state index is 0.0763. The van der Waals surface area contributed by atoms with Crippen molar-refractivity contribution in [2.24, 2.45) is 0 Å². The van der Waals surface area contributed by atoms with E-state index in [1.165, 1.54) is 0 Å². The number of para-hydroxylation sites is 1. The number of benzene rings is 1. The Kier molecular flexibility index (Phi) is 3.92. The average molecular weight is 337 g/mol. The number of fused-ring (bicyclic) bond motifs is 1.